The van der Waals surface area contributed by atoms with Gasteiger partial charge in [0.1, 0.15) is 0 Å². The first-order chi connectivity index (χ1) is 6.84. The van der Waals surface area contributed by atoms with Crippen molar-refractivity contribution >= 4 is 5.97 Å². The average molecular weight is 190 g/mol. The number of esters is 1. The number of ether oxygens (including phenoxy) is 1. The summed E-state index contributed by atoms with van der Waals surface area (Å²) < 4.78 is 5.01. The summed E-state index contributed by atoms with van der Waals surface area (Å²) >= 11 is 0. The van der Waals surface area contributed by atoms with E-state index in [-0.39, 0.29) is 11.9 Å². The Balaban J connectivity index is 2.03. The van der Waals surface area contributed by atoms with Crippen molar-refractivity contribution in [1.29, 1.82) is 0 Å². The van der Waals surface area contributed by atoms with Crippen molar-refractivity contribution in [2.45, 2.75) is 6.92 Å². The molecule has 3 atom stereocenters. The van der Waals surface area contributed by atoms with Gasteiger partial charge in [-0.05, 0) is 18.8 Å². The number of fused-ring (bicyclic) bond motifs is 1. The second-order valence-corrected chi connectivity index (χ2v) is 3.59. The first kappa shape index (κ1) is 9.25. The van der Waals surface area contributed by atoms with E-state index in [0.717, 1.165) is 0 Å². The van der Waals surface area contributed by atoms with E-state index in [2.05, 4.69) is 12.2 Å². The predicted octanol–water partition coefficient (Wildman–Crippen LogP) is 2.09. The van der Waals surface area contributed by atoms with E-state index < -0.39 is 0 Å². The smallest absolute Gasteiger partial charge is 0.310 e. The molecule has 0 heterocycles. The lowest BCUT2D eigenvalue weighted by atomic mass is 10.2. The van der Waals surface area contributed by atoms with E-state index in [4.69, 9.17) is 4.74 Å². The van der Waals surface area contributed by atoms with Crippen LogP contribution >= 0.6 is 0 Å². The van der Waals surface area contributed by atoms with Gasteiger partial charge in [-0.1, -0.05) is 36.5 Å². The molecule has 0 aliphatic heterocycles. The van der Waals surface area contributed by atoms with Crippen LogP contribution in [0.1, 0.15) is 6.92 Å². The van der Waals surface area contributed by atoms with Crippen molar-refractivity contribution < 1.29 is 9.53 Å². The number of hydrogen-bond acceptors (Lipinski definition) is 2. The van der Waals surface area contributed by atoms with Gasteiger partial charge in [0, 0.05) is 0 Å². The fraction of sp³-hybridized carbons (Fsp3) is 0.417. The second-order valence-electron chi connectivity index (χ2n) is 3.59. The molecule has 74 valence electrons. The highest BCUT2D eigenvalue weighted by Gasteiger charge is 2.52. The SMILES string of the molecule is CCOC(=O)C1[C@H]2C=CC=CC=C[C@@H]12. The highest BCUT2D eigenvalue weighted by atomic mass is 16.5. The van der Waals surface area contributed by atoms with Gasteiger partial charge in [0.25, 0.3) is 0 Å². The molecular formula is C12H14O2. The normalized spacial score (nSPS) is 33.1. The summed E-state index contributed by atoms with van der Waals surface area (Å²) in [5.41, 5.74) is 0. The summed E-state index contributed by atoms with van der Waals surface area (Å²) in [5, 5.41) is 0. The third kappa shape index (κ3) is 1.65. The van der Waals surface area contributed by atoms with Gasteiger partial charge >= 0.3 is 5.97 Å². The molecule has 0 amide bonds. The van der Waals surface area contributed by atoms with Crippen molar-refractivity contribution in [2.24, 2.45) is 17.8 Å². The predicted molar refractivity (Wildman–Crippen MR) is 54.5 cm³/mol. The number of carbonyl (C=O) groups is 1. The molecule has 0 spiro atoms. The van der Waals surface area contributed by atoms with Crippen LogP contribution in [0.4, 0.5) is 0 Å². The van der Waals surface area contributed by atoms with Gasteiger partial charge < -0.3 is 4.74 Å². The monoisotopic (exact) mass is 190 g/mol. The maximum atomic E-state index is 11.5. The Hall–Kier alpha value is -1.31. The molecule has 0 aromatic heterocycles. The molecule has 0 N–H and O–H groups in total. The summed E-state index contributed by atoms with van der Waals surface area (Å²) in [4.78, 5) is 11.5. The Labute approximate surface area is 83.9 Å². The van der Waals surface area contributed by atoms with Gasteiger partial charge in [-0.25, -0.2) is 0 Å². The summed E-state index contributed by atoms with van der Waals surface area (Å²) in [5.74, 6) is 0.714. The Bertz CT molecular complexity index is 290. The molecule has 0 aromatic carbocycles. The molecule has 0 saturated heterocycles. The molecule has 14 heavy (non-hydrogen) atoms. The first-order valence-electron chi connectivity index (χ1n) is 5.03. The minimum absolute atomic E-state index is 0.0568. The molecule has 0 bridgehead atoms. The Kier molecular flexibility index (Phi) is 2.53. The van der Waals surface area contributed by atoms with Crippen molar-refractivity contribution in [3.63, 3.8) is 0 Å². The first-order valence-corrected chi connectivity index (χ1v) is 5.03. The molecule has 0 radical (unpaired) electrons. The minimum Gasteiger partial charge on any atom is -0.466 e. The number of hydrogen-bond donors (Lipinski definition) is 0. The van der Waals surface area contributed by atoms with Crippen LogP contribution in [0.3, 0.4) is 0 Å². The molecule has 0 aromatic rings. The lowest BCUT2D eigenvalue weighted by Crippen LogP contribution is -2.07. The number of allylic oxidation sites excluding steroid dienone is 6. The van der Waals surface area contributed by atoms with Crippen LogP contribution in [0.2, 0.25) is 0 Å². The molecule has 2 aliphatic carbocycles. The highest BCUT2D eigenvalue weighted by molar-refractivity contribution is 5.77. The van der Waals surface area contributed by atoms with Gasteiger partial charge in [-0.3, -0.25) is 4.79 Å². The average Bonchev–Trinajstić information content (AvgIpc) is 2.77. The molecule has 2 heteroatoms. The van der Waals surface area contributed by atoms with Crippen LogP contribution in [-0.2, 0) is 9.53 Å². The zero-order valence-electron chi connectivity index (χ0n) is 8.22. The molecule has 1 saturated carbocycles. The van der Waals surface area contributed by atoms with Gasteiger partial charge in [0.05, 0.1) is 12.5 Å². The molecule has 1 unspecified atom stereocenters. The van der Waals surface area contributed by atoms with Gasteiger partial charge in [-0.15, -0.1) is 0 Å². The molecule has 2 nitrogen and oxygen atoms in total. The third-order valence-electron chi connectivity index (χ3n) is 2.69. The molecule has 2 aliphatic rings. The van der Waals surface area contributed by atoms with Crippen molar-refractivity contribution in [1.82, 2.24) is 0 Å². The van der Waals surface area contributed by atoms with Crippen LogP contribution in [0.25, 0.3) is 0 Å². The summed E-state index contributed by atoms with van der Waals surface area (Å²) in [7, 11) is 0. The maximum Gasteiger partial charge on any atom is 0.310 e. The van der Waals surface area contributed by atoms with Gasteiger partial charge in [0.15, 0.2) is 0 Å². The zero-order valence-corrected chi connectivity index (χ0v) is 8.22. The van der Waals surface area contributed by atoms with Crippen molar-refractivity contribution in [3.05, 3.63) is 36.5 Å². The minimum atomic E-state index is -0.0568. The van der Waals surface area contributed by atoms with Crippen LogP contribution in [0.5, 0.6) is 0 Å². The van der Waals surface area contributed by atoms with Crippen LogP contribution in [0, 0.1) is 17.8 Å². The van der Waals surface area contributed by atoms with Crippen molar-refractivity contribution in [3.8, 4) is 0 Å². The van der Waals surface area contributed by atoms with Crippen LogP contribution in [-0.4, -0.2) is 12.6 Å². The standard InChI is InChI=1S/C12H14O2/c1-2-14-12(13)11-9-7-5-3-4-6-8-10(9)11/h3-11H,2H2,1H3/t9-,10+,11?. The molecule has 1 fully saturated rings. The summed E-state index contributed by atoms with van der Waals surface area (Å²) in [6.07, 6.45) is 12.1. The van der Waals surface area contributed by atoms with E-state index in [9.17, 15) is 4.79 Å². The largest absolute Gasteiger partial charge is 0.466 e. The Morgan fingerprint density at radius 1 is 1.14 bits per heavy atom. The van der Waals surface area contributed by atoms with Crippen LogP contribution in [0.15, 0.2) is 36.5 Å². The fourth-order valence-electron chi connectivity index (χ4n) is 1.92. The Morgan fingerprint density at radius 3 is 2.21 bits per heavy atom. The Morgan fingerprint density at radius 2 is 1.71 bits per heavy atom. The van der Waals surface area contributed by atoms with Crippen LogP contribution < -0.4 is 0 Å². The van der Waals surface area contributed by atoms with E-state index >= 15 is 0 Å². The zero-order chi connectivity index (χ0) is 9.97. The van der Waals surface area contributed by atoms with E-state index in [1.807, 2.05) is 31.2 Å². The lowest BCUT2D eigenvalue weighted by molar-refractivity contribution is -0.145. The molecule has 2 rings (SSSR count). The van der Waals surface area contributed by atoms with E-state index in [1.54, 1.807) is 0 Å². The van der Waals surface area contributed by atoms with E-state index in [0.29, 0.717) is 18.4 Å². The summed E-state index contributed by atoms with van der Waals surface area (Å²) in [6, 6.07) is 0. The highest BCUT2D eigenvalue weighted by Crippen LogP contribution is 2.49. The lowest BCUT2D eigenvalue weighted by Gasteiger charge is -1.97. The quantitative estimate of drug-likeness (QED) is 0.623. The maximum absolute atomic E-state index is 11.5. The summed E-state index contributed by atoms with van der Waals surface area (Å²) in [6.45, 7) is 2.32. The second kappa shape index (κ2) is 3.82. The van der Waals surface area contributed by atoms with Gasteiger partial charge in [0.2, 0.25) is 0 Å². The van der Waals surface area contributed by atoms with Gasteiger partial charge in [-0.2, -0.15) is 0 Å². The van der Waals surface area contributed by atoms with E-state index in [1.165, 1.54) is 0 Å². The fourth-order valence-corrected chi connectivity index (χ4v) is 1.92. The number of carbonyl (C=O) groups excluding carboxylic acids is 1. The topological polar surface area (TPSA) is 26.3 Å². The number of rotatable bonds is 2. The van der Waals surface area contributed by atoms with Crippen molar-refractivity contribution in [2.75, 3.05) is 6.61 Å². The molecular weight excluding hydrogens is 176 g/mol. The third-order valence-corrected chi connectivity index (χ3v) is 2.69.